The predicted octanol–water partition coefficient (Wildman–Crippen LogP) is 13.5. The van der Waals surface area contributed by atoms with Gasteiger partial charge in [-0.2, -0.15) is 0 Å². The van der Waals surface area contributed by atoms with Crippen LogP contribution in [0.25, 0.3) is 0 Å². The maximum Gasteiger partial charge on any atom is 0.472 e. The highest BCUT2D eigenvalue weighted by Gasteiger charge is 2.27. The molecule has 0 heterocycles. The third-order valence-corrected chi connectivity index (χ3v) is 11.1. The molecule has 1 unspecified atom stereocenters. The first kappa shape index (κ1) is 58.7. The number of carbonyl (C=O) groups is 2. The lowest BCUT2D eigenvalue weighted by molar-refractivity contribution is -0.161. The van der Waals surface area contributed by atoms with Gasteiger partial charge in [0.25, 0.3) is 0 Å². The Morgan fingerprint density at radius 3 is 1.36 bits per heavy atom. The largest absolute Gasteiger partial charge is 0.472 e. The molecule has 0 aromatic carbocycles. The molecule has 0 spiro atoms. The van der Waals surface area contributed by atoms with Crippen molar-refractivity contribution < 1.29 is 47.8 Å². The second kappa shape index (κ2) is 45.7. The first-order valence-electron chi connectivity index (χ1n) is 24.2. The Kier molecular flexibility index (Phi) is 43.9. The third kappa shape index (κ3) is 45.5. The number of carbonyl (C=O) groups excluding carboxylic acids is 2. The van der Waals surface area contributed by atoms with Crippen LogP contribution in [0.1, 0.15) is 206 Å². The minimum atomic E-state index is -4.63. The lowest BCUT2D eigenvalue weighted by Crippen LogP contribution is -2.29. The van der Waals surface area contributed by atoms with Crippen molar-refractivity contribution in [1.82, 2.24) is 0 Å². The number of esters is 2. The molecule has 0 aliphatic carbocycles. The molecule has 11 heteroatoms. The predicted molar refractivity (Wildman–Crippen MR) is 251 cm³/mol. The molecule has 0 radical (unpaired) electrons. The summed E-state index contributed by atoms with van der Waals surface area (Å²) in [6.07, 6.45) is 51.9. The summed E-state index contributed by atoms with van der Waals surface area (Å²) in [4.78, 5) is 35.1. The van der Waals surface area contributed by atoms with Crippen LogP contribution >= 0.6 is 7.82 Å². The standard InChI is InChI=1S/C50H89O10P/c1-3-5-7-9-11-13-15-17-19-21-23-25-27-29-31-33-35-37-39-41-49(53)57-45-48(46-59-61(55,56)58-44-47(52)43-51)60-50(54)42-40-38-36-34-32-30-28-26-24-22-20-18-16-14-12-10-8-6-4-2/h6,8,12,14,18,20,24,26,30,32,47-48,51-52H,3-5,7,9-11,13,15-17,19,21-23,25,27-29,31,33-46H2,1-2H3,(H,55,56)/b8-6+,14-12+,20-18+,26-24+,32-30+/t47-,48+/m0/s1. The van der Waals surface area contributed by atoms with Gasteiger partial charge >= 0.3 is 19.8 Å². The molecule has 0 aromatic heterocycles. The van der Waals surface area contributed by atoms with E-state index in [-0.39, 0.29) is 19.4 Å². The summed E-state index contributed by atoms with van der Waals surface area (Å²) in [7, 11) is -4.63. The van der Waals surface area contributed by atoms with Gasteiger partial charge in [-0.3, -0.25) is 18.6 Å². The maximum absolute atomic E-state index is 12.6. The number of hydrogen-bond donors (Lipinski definition) is 3. The fraction of sp³-hybridized carbons (Fsp3) is 0.760. The summed E-state index contributed by atoms with van der Waals surface area (Å²) in [6.45, 7) is 2.25. The highest BCUT2D eigenvalue weighted by molar-refractivity contribution is 7.47. The molecule has 0 fully saturated rings. The fourth-order valence-electron chi connectivity index (χ4n) is 6.49. The molecule has 0 aromatic rings. The van der Waals surface area contributed by atoms with Crippen molar-refractivity contribution in [2.45, 2.75) is 219 Å². The van der Waals surface area contributed by atoms with E-state index in [1.54, 1.807) is 0 Å². The van der Waals surface area contributed by atoms with E-state index >= 15 is 0 Å². The summed E-state index contributed by atoms with van der Waals surface area (Å²) in [5.41, 5.74) is 0. The Balaban J connectivity index is 4.27. The van der Waals surface area contributed by atoms with Gasteiger partial charge in [-0.05, 0) is 57.8 Å². The molecular weight excluding hydrogens is 792 g/mol. The average molecular weight is 881 g/mol. The molecule has 10 nitrogen and oxygen atoms in total. The number of aliphatic hydroxyl groups is 2. The topological polar surface area (TPSA) is 149 Å². The number of phosphoric ester groups is 1. The van der Waals surface area contributed by atoms with Crippen LogP contribution < -0.4 is 0 Å². The second-order valence-electron chi connectivity index (χ2n) is 16.1. The van der Waals surface area contributed by atoms with Gasteiger partial charge in [0.05, 0.1) is 19.8 Å². The van der Waals surface area contributed by atoms with E-state index in [2.05, 4.69) is 74.6 Å². The van der Waals surface area contributed by atoms with Crippen LogP contribution in [-0.2, 0) is 32.7 Å². The van der Waals surface area contributed by atoms with Gasteiger partial charge < -0.3 is 24.6 Å². The van der Waals surface area contributed by atoms with Crippen molar-refractivity contribution in [3.05, 3.63) is 60.8 Å². The van der Waals surface area contributed by atoms with E-state index in [1.165, 1.54) is 96.3 Å². The third-order valence-electron chi connectivity index (χ3n) is 10.2. The number of allylic oxidation sites excluding steroid dienone is 10. The zero-order valence-corrected chi connectivity index (χ0v) is 39.5. The van der Waals surface area contributed by atoms with E-state index in [0.29, 0.717) is 12.8 Å². The summed E-state index contributed by atoms with van der Waals surface area (Å²) >= 11 is 0. The van der Waals surface area contributed by atoms with Crippen LogP contribution in [0.15, 0.2) is 60.8 Å². The molecule has 3 N–H and O–H groups in total. The zero-order valence-electron chi connectivity index (χ0n) is 38.6. The van der Waals surface area contributed by atoms with Gasteiger partial charge in [-0.15, -0.1) is 0 Å². The van der Waals surface area contributed by atoms with Crippen molar-refractivity contribution in [2.75, 3.05) is 26.4 Å². The van der Waals surface area contributed by atoms with E-state index < -0.39 is 51.8 Å². The SMILES string of the molecule is CC/C=C/C/C=C/C/C=C/C/C=C/C/C=C/CCCCCC(=O)O[C@H](COC(=O)CCCCCCCCCCCCCCCCCCCCC)COP(=O)(O)OC[C@@H](O)CO. The number of aliphatic hydroxyl groups excluding tert-OH is 2. The molecule has 61 heavy (non-hydrogen) atoms. The molecule has 3 atom stereocenters. The van der Waals surface area contributed by atoms with E-state index in [9.17, 15) is 24.2 Å². The fourth-order valence-corrected chi connectivity index (χ4v) is 7.28. The molecule has 0 bridgehead atoms. The van der Waals surface area contributed by atoms with Crippen LogP contribution in [0.4, 0.5) is 0 Å². The summed E-state index contributed by atoms with van der Waals surface area (Å²) in [5.74, 6) is -0.958. The Morgan fingerprint density at radius 1 is 0.508 bits per heavy atom. The van der Waals surface area contributed by atoms with Crippen molar-refractivity contribution in [3.8, 4) is 0 Å². The molecule has 0 aliphatic heterocycles. The zero-order chi connectivity index (χ0) is 44.8. The van der Waals surface area contributed by atoms with Crippen LogP contribution in [-0.4, -0.2) is 65.7 Å². The maximum atomic E-state index is 12.6. The van der Waals surface area contributed by atoms with E-state index in [1.807, 2.05) is 0 Å². The summed E-state index contributed by atoms with van der Waals surface area (Å²) in [5, 5.41) is 18.4. The monoisotopic (exact) mass is 881 g/mol. The Hall–Kier alpha value is -2.33. The van der Waals surface area contributed by atoms with Crippen molar-refractivity contribution in [3.63, 3.8) is 0 Å². The molecule has 0 saturated carbocycles. The van der Waals surface area contributed by atoms with Gasteiger partial charge in [0.2, 0.25) is 0 Å². The molecule has 0 amide bonds. The van der Waals surface area contributed by atoms with Crippen LogP contribution in [0.5, 0.6) is 0 Å². The molecule has 0 saturated heterocycles. The first-order chi connectivity index (χ1) is 29.7. The van der Waals surface area contributed by atoms with Gasteiger partial charge in [0.15, 0.2) is 6.10 Å². The van der Waals surface area contributed by atoms with Gasteiger partial charge in [-0.25, -0.2) is 4.57 Å². The van der Waals surface area contributed by atoms with Crippen LogP contribution in [0, 0.1) is 0 Å². The molecule has 0 aliphatic rings. The second-order valence-corrected chi connectivity index (χ2v) is 17.6. The smallest absolute Gasteiger partial charge is 0.462 e. The van der Waals surface area contributed by atoms with Crippen molar-refractivity contribution >= 4 is 19.8 Å². The lowest BCUT2D eigenvalue weighted by atomic mass is 10.0. The van der Waals surface area contributed by atoms with Gasteiger partial charge in [-0.1, -0.05) is 197 Å². The molecular formula is C50H89O10P. The number of ether oxygens (including phenoxy) is 2. The van der Waals surface area contributed by atoms with Crippen LogP contribution in [0.3, 0.4) is 0 Å². The van der Waals surface area contributed by atoms with Gasteiger partial charge in [0, 0.05) is 12.8 Å². The van der Waals surface area contributed by atoms with E-state index in [4.69, 9.17) is 23.6 Å². The minimum absolute atomic E-state index is 0.144. The average Bonchev–Trinajstić information content (AvgIpc) is 3.25. The Bertz CT molecular complexity index is 1200. The molecule has 0 rings (SSSR count). The lowest BCUT2D eigenvalue weighted by Gasteiger charge is -2.20. The Morgan fingerprint density at radius 2 is 0.902 bits per heavy atom. The highest BCUT2D eigenvalue weighted by atomic mass is 31.2. The quantitative estimate of drug-likeness (QED) is 0.0233. The summed E-state index contributed by atoms with van der Waals surface area (Å²) in [6, 6.07) is 0. The Labute approximate surface area is 372 Å². The number of hydrogen-bond acceptors (Lipinski definition) is 9. The highest BCUT2D eigenvalue weighted by Crippen LogP contribution is 2.43. The van der Waals surface area contributed by atoms with Gasteiger partial charge in [0.1, 0.15) is 12.7 Å². The van der Waals surface area contributed by atoms with Crippen molar-refractivity contribution in [1.29, 1.82) is 0 Å². The normalized spacial score (nSPS) is 14.2. The number of rotatable bonds is 45. The first-order valence-corrected chi connectivity index (χ1v) is 25.7. The summed E-state index contributed by atoms with van der Waals surface area (Å²) < 4.78 is 32.8. The number of unbranched alkanes of at least 4 members (excludes halogenated alkanes) is 21. The number of phosphoric acid groups is 1. The van der Waals surface area contributed by atoms with E-state index in [0.717, 1.165) is 70.6 Å². The molecule has 354 valence electrons. The minimum Gasteiger partial charge on any atom is -0.462 e. The van der Waals surface area contributed by atoms with Crippen LogP contribution in [0.2, 0.25) is 0 Å². The van der Waals surface area contributed by atoms with Crippen molar-refractivity contribution in [2.24, 2.45) is 0 Å².